The normalized spacial score (nSPS) is 14.6. The van der Waals surface area contributed by atoms with Crippen LogP contribution in [0.15, 0.2) is 0 Å². The fraction of sp³-hybridized carbons (Fsp3) is 0.938. The number of ether oxygens (including phenoxy) is 2. The van der Waals surface area contributed by atoms with Gasteiger partial charge in [0, 0.05) is 19.3 Å². The molecule has 21 heavy (non-hydrogen) atoms. The lowest BCUT2D eigenvalue weighted by atomic mass is 9.94. The number of carbonyl (C=O) groups is 1. The Morgan fingerprint density at radius 3 is 2.24 bits per heavy atom. The Morgan fingerprint density at radius 2 is 1.71 bits per heavy atom. The van der Waals surface area contributed by atoms with Gasteiger partial charge in [-0.05, 0) is 46.0 Å². The molecular weight excluding hydrogens is 270 g/mol. The topological polar surface area (TPSA) is 67.8 Å². The molecule has 0 aromatic carbocycles. The summed E-state index contributed by atoms with van der Waals surface area (Å²) in [4.78, 5) is 11.3. The summed E-state index contributed by atoms with van der Waals surface area (Å²) in [5, 5.41) is 12.4. The van der Waals surface area contributed by atoms with Crippen LogP contribution in [0.1, 0.15) is 53.9 Å². The second-order valence-electron chi connectivity index (χ2n) is 6.47. The van der Waals surface area contributed by atoms with Crippen LogP contribution in [0.4, 0.5) is 0 Å². The van der Waals surface area contributed by atoms with Crippen LogP contribution in [0.3, 0.4) is 0 Å². The molecule has 0 aliphatic rings. The molecular formula is C16H33NO4. The molecule has 0 heterocycles. The molecule has 126 valence electrons. The van der Waals surface area contributed by atoms with E-state index in [0.717, 1.165) is 19.4 Å². The molecule has 0 aliphatic carbocycles. The van der Waals surface area contributed by atoms with Crippen molar-refractivity contribution in [3.63, 3.8) is 0 Å². The summed E-state index contributed by atoms with van der Waals surface area (Å²) in [5.41, 5.74) is -0.853. The number of nitrogens with one attached hydrogen (secondary N) is 1. The minimum absolute atomic E-state index is 0.153. The molecule has 0 aromatic heterocycles. The van der Waals surface area contributed by atoms with E-state index in [1.54, 1.807) is 6.92 Å². The van der Waals surface area contributed by atoms with Crippen LogP contribution in [0.25, 0.3) is 0 Å². The Balaban J connectivity index is 3.66. The Bertz CT molecular complexity index is 281. The predicted octanol–water partition coefficient (Wildman–Crippen LogP) is 2.69. The van der Waals surface area contributed by atoms with Gasteiger partial charge in [0.25, 0.3) is 0 Å². The standard InChI is InChI=1S/C16H33NO4/c1-13(2)12-21-11-10-20-9-7-6-8-16(5,15(18)19)17-14(3)4/h13-14,17H,6-12H2,1-5H3,(H,18,19). The highest BCUT2D eigenvalue weighted by Gasteiger charge is 2.32. The third kappa shape index (κ3) is 10.7. The maximum absolute atomic E-state index is 11.3. The summed E-state index contributed by atoms with van der Waals surface area (Å²) in [6.45, 7) is 12.5. The average Bonchev–Trinajstić information content (AvgIpc) is 2.35. The molecule has 0 radical (unpaired) electrons. The van der Waals surface area contributed by atoms with Crippen molar-refractivity contribution in [2.75, 3.05) is 26.4 Å². The van der Waals surface area contributed by atoms with Gasteiger partial charge in [-0.25, -0.2) is 0 Å². The highest BCUT2D eigenvalue weighted by atomic mass is 16.5. The zero-order valence-corrected chi connectivity index (χ0v) is 14.3. The van der Waals surface area contributed by atoms with Crippen molar-refractivity contribution in [2.24, 2.45) is 5.92 Å². The van der Waals surface area contributed by atoms with Gasteiger partial charge in [-0.2, -0.15) is 0 Å². The SMILES string of the molecule is CC(C)COCCOCCCCC(C)(NC(C)C)C(=O)O. The fourth-order valence-corrected chi connectivity index (χ4v) is 2.10. The first-order chi connectivity index (χ1) is 9.78. The van der Waals surface area contributed by atoms with Gasteiger partial charge < -0.3 is 14.6 Å². The number of unbranched alkanes of at least 4 members (excludes halogenated alkanes) is 1. The molecule has 5 heteroatoms. The monoisotopic (exact) mass is 303 g/mol. The van der Waals surface area contributed by atoms with Gasteiger partial charge in [0.2, 0.25) is 0 Å². The van der Waals surface area contributed by atoms with Crippen LogP contribution < -0.4 is 5.32 Å². The molecule has 0 saturated carbocycles. The van der Waals surface area contributed by atoms with Gasteiger partial charge in [-0.3, -0.25) is 10.1 Å². The number of rotatable bonds is 13. The zero-order chi connectivity index (χ0) is 16.3. The van der Waals surface area contributed by atoms with Crippen molar-refractivity contribution in [1.29, 1.82) is 0 Å². The van der Waals surface area contributed by atoms with Gasteiger partial charge in [0.1, 0.15) is 5.54 Å². The lowest BCUT2D eigenvalue weighted by Gasteiger charge is -2.28. The van der Waals surface area contributed by atoms with Crippen molar-refractivity contribution in [3.05, 3.63) is 0 Å². The van der Waals surface area contributed by atoms with Gasteiger partial charge in [-0.1, -0.05) is 13.8 Å². The summed E-state index contributed by atoms with van der Waals surface area (Å²) in [5.74, 6) is -0.244. The Hall–Kier alpha value is -0.650. The van der Waals surface area contributed by atoms with Crippen LogP contribution in [-0.2, 0) is 14.3 Å². The van der Waals surface area contributed by atoms with E-state index in [0.29, 0.717) is 32.2 Å². The first kappa shape index (κ1) is 20.3. The summed E-state index contributed by atoms with van der Waals surface area (Å²) >= 11 is 0. The van der Waals surface area contributed by atoms with E-state index in [4.69, 9.17) is 9.47 Å². The van der Waals surface area contributed by atoms with Gasteiger partial charge >= 0.3 is 5.97 Å². The molecule has 0 rings (SSSR count). The number of hydrogen-bond acceptors (Lipinski definition) is 4. The first-order valence-electron chi connectivity index (χ1n) is 7.94. The van der Waals surface area contributed by atoms with Crippen LogP contribution in [0.2, 0.25) is 0 Å². The van der Waals surface area contributed by atoms with Crippen molar-refractivity contribution in [2.45, 2.75) is 65.5 Å². The molecule has 1 unspecified atom stereocenters. The number of hydrogen-bond donors (Lipinski definition) is 2. The first-order valence-corrected chi connectivity index (χ1v) is 7.94. The molecule has 0 bridgehead atoms. The van der Waals surface area contributed by atoms with Gasteiger partial charge in [0.15, 0.2) is 0 Å². The van der Waals surface area contributed by atoms with Crippen molar-refractivity contribution in [3.8, 4) is 0 Å². The highest BCUT2D eigenvalue weighted by molar-refractivity contribution is 5.78. The molecule has 2 N–H and O–H groups in total. The van der Waals surface area contributed by atoms with Crippen LogP contribution >= 0.6 is 0 Å². The largest absolute Gasteiger partial charge is 0.480 e. The van der Waals surface area contributed by atoms with Gasteiger partial charge in [-0.15, -0.1) is 0 Å². The summed E-state index contributed by atoms with van der Waals surface area (Å²) < 4.78 is 10.9. The fourth-order valence-electron chi connectivity index (χ4n) is 2.10. The maximum atomic E-state index is 11.3. The van der Waals surface area contributed by atoms with Crippen LogP contribution in [-0.4, -0.2) is 49.1 Å². The smallest absolute Gasteiger partial charge is 0.323 e. The second-order valence-corrected chi connectivity index (χ2v) is 6.47. The molecule has 5 nitrogen and oxygen atoms in total. The Kier molecular flexibility index (Phi) is 10.6. The quantitative estimate of drug-likeness (QED) is 0.512. The van der Waals surface area contributed by atoms with E-state index in [1.807, 2.05) is 13.8 Å². The van der Waals surface area contributed by atoms with E-state index in [2.05, 4.69) is 19.2 Å². The highest BCUT2D eigenvalue weighted by Crippen LogP contribution is 2.15. The summed E-state index contributed by atoms with van der Waals surface area (Å²) in [6.07, 6.45) is 2.30. The van der Waals surface area contributed by atoms with E-state index in [1.165, 1.54) is 0 Å². The molecule has 0 amide bonds. The molecule has 1 atom stereocenters. The van der Waals surface area contributed by atoms with E-state index in [-0.39, 0.29) is 6.04 Å². The molecule has 0 saturated heterocycles. The van der Waals surface area contributed by atoms with Gasteiger partial charge in [0.05, 0.1) is 13.2 Å². The maximum Gasteiger partial charge on any atom is 0.323 e. The minimum Gasteiger partial charge on any atom is -0.480 e. The van der Waals surface area contributed by atoms with E-state index < -0.39 is 11.5 Å². The summed E-state index contributed by atoms with van der Waals surface area (Å²) in [6, 6.07) is 0.153. The number of carboxylic acid groups (broad SMARTS) is 1. The molecule has 0 spiro atoms. The number of aliphatic carboxylic acids is 1. The third-order valence-electron chi connectivity index (χ3n) is 3.12. The lowest BCUT2D eigenvalue weighted by molar-refractivity contribution is -0.144. The summed E-state index contributed by atoms with van der Waals surface area (Å²) in [7, 11) is 0. The van der Waals surface area contributed by atoms with E-state index >= 15 is 0 Å². The van der Waals surface area contributed by atoms with Crippen LogP contribution in [0.5, 0.6) is 0 Å². The number of carboxylic acids is 1. The Labute approximate surface area is 129 Å². The molecule has 0 aliphatic heterocycles. The minimum atomic E-state index is -0.853. The van der Waals surface area contributed by atoms with Crippen molar-refractivity contribution in [1.82, 2.24) is 5.32 Å². The molecule has 0 fully saturated rings. The van der Waals surface area contributed by atoms with E-state index in [9.17, 15) is 9.90 Å². The van der Waals surface area contributed by atoms with Crippen molar-refractivity contribution >= 4 is 5.97 Å². The zero-order valence-electron chi connectivity index (χ0n) is 14.3. The third-order valence-corrected chi connectivity index (χ3v) is 3.12. The predicted molar refractivity (Wildman–Crippen MR) is 84.6 cm³/mol. The molecule has 0 aromatic rings. The lowest BCUT2D eigenvalue weighted by Crippen LogP contribution is -2.52. The second kappa shape index (κ2) is 11.0. The van der Waals surface area contributed by atoms with Crippen molar-refractivity contribution < 1.29 is 19.4 Å². The Morgan fingerprint density at radius 1 is 1.10 bits per heavy atom. The average molecular weight is 303 g/mol. The van der Waals surface area contributed by atoms with Crippen LogP contribution in [0, 0.1) is 5.92 Å².